The lowest BCUT2D eigenvalue weighted by Gasteiger charge is -2.28. The molecule has 9 heteroatoms. The highest BCUT2D eigenvalue weighted by molar-refractivity contribution is 8.29. The van der Waals surface area contributed by atoms with Crippen LogP contribution in [0.15, 0.2) is 0 Å². The van der Waals surface area contributed by atoms with Crippen molar-refractivity contribution < 1.29 is 27.5 Å². The SMILES string of the molecule is CC(C)(C)OC(=O)N(COS(C)(=O)=S)C(=O)OC(C)(C)C. The van der Waals surface area contributed by atoms with Crippen LogP contribution in [0.3, 0.4) is 0 Å². The van der Waals surface area contributed by atoms with E-state index in [9.17, 15) is 13.8 Å². The minimum Gasteiger partial charge on any atom is -0.443 e. The number of nitrogens with zero attached hydrogens (tertiary/aromatic N) is 1. The van der Waals surface area contributed by atoms with Crippen LogP contribution in [0.25, 0.3) is 0 Å². The Morgan fingerprint density at radius 1 is 1.00 bits per heavy atom. The molecule has 0 bridgehead atoms. The largest absolute Gasteiger partial charge is 0.443 e. The molecule has 0 saturated carbocycles. The standard InChI is InChI=1S/C12H23NO6S2/c1-11(2,3)18-9(14)13(8-17-21(7,16)20)10(15)19-12(4,5)6/h8H2,1-7H3. The van der Waals surface area contributed by atoms with Crippen LogP contribution in [0.1, 0.15) is 41.5 Å². The van der Waals surface area contributed by atoms with Crippen LogP contribution >= 0.6 is 0 Å². The summed E-state index contributed by atoms with van der Waals surface area (Å²) in [5, 5.41) is 0. The number of hydrogen-bond donors (Lipinski definition) is 0. The number of carbonyl (C=O) groups is 2. The number of rotatable bonds is 3. The molecule has 0 saturated heterocycles. The predicted octanol–water partition coefficient (Wildman–Crippen LogP) is 2.42. The van der Waals surface area contributed by atoms with E-state index in [1.807, 2.05) is 0 Å². The van der Waals surface area contributed by atoms with Crippen molar-refractivity contribution in [2.45, 2.75) is 52.7 Å². The van der Waals surface area contributed by atoms with Crippen LogP contribution in [-0.4, -0.2) is 45.5 Å². The van der Waals surface area contributed by atoms with Crippen molar-refractivity contribution in [3.63, 3.8) is 0 Å². The Morgan fingerprint density at radius 2 is 1.33 bits per heavy atom. The molecule has 0 aliphatic rings. The Labute approximate surface area is 130 Å². The monoisotopic (exact) mass is 341 g/mol. The average Bonchev–Trinajstić information content (AvgIpc) is 2.08. The van der Waals surface area contributed by atoms with E-state index in [0.29, 0.717) is 4.90 Å². The Kier molecular flexibility index (Phi) is 6.58. The zero-order valence-electron chi connectivity index (χ0n) is 13.4. The summed E-state index contributed by atoms with van der Waals surface area (Å²) < 4.78 is 26.4. The third-order valence-corrected chi connectivity index (χ3v) is 2.45. The first-order valence-electron chi connectivity index (χ1n) is 6.19. The molecule has 0 aromatic heterocycles. The number of carbonyl (C=O) groups excluding carboxylic acids is 2. The molecule has 0 aliphatic heterocycles. The summed E-state index contributed by atoms with van der Waals surface area (Å²) in [6.45, 7) is 9.28. The molecule has 0 heterocycles. The van der Waals surface area contributed by atoms with Crippen LogP contribution in [0, 0.1) is 0 Å². The molecular weight excluding hydrogens is 318 g/mol. The van der Waals surface area contributed by atoms with Crippen molar-refractivity contribution in [2.75, 3.05) is 13.0 Å². The molecule has 21 heavy (non-hydrogen) atoms. The third-order valence-electron chi connectivity index (χ3n) is 1.62. The highest BCUT2D eigenvalue weighted by atomic mass is 32.8. The van der Waals surface area contributed by atoms with Gasteiger partial charge in [0.25, 0.3) is 0 Å². The average molecular weight is 341 g/mol. The van der Waals surface area contributed by atoms with E-state index in [1.54, 1.807) is 41.5 Å². The second-order valence-corrected chi connectivity index (χ2v) is 9.80. The molecule has 2 amide bonds. The van der Waals surface area contributed by atoms with E-state index >= 15 is 0 Å². The number of imide groups is 1. The molecule has 7 nitrogen and oxygen atoms in total. The van der Waals surface area contributed by atoms with Gasteiger partial charge in [0.2, 0.25) is 0 Å². The summed E-state index contributed by atoms with van der Waals surface area (Å²) in [7, 11) is -3.00. The number of hydrogen-bond acceptors (Lipinski definition) is 7. The molecule has 1 atom stereocenters. The van der Waals surface area contributed by atoms with Crippen LogP contribution in [0.2, 0.25) is 0 Å². The second-order valence-electron chi connectivity index (χ2n) is 6.34. The molecule has 0 aromatic carbocycles. The zero-order valence-corrected chi connectivity index (χ0v) is 15.1. The third kappa shape index (κ3) is 10.4. The van der Waals surface area contributed by atoms with Gasteiger partial charge in [-0.1, -0.05) is 0 Å². The van der Waals surface area contributed by atoms with Gasteiger partial charge in [0, 0.05) is 17.4 Å². The van der Waals surface area contributed by atoms with Gasteiger partial charge in [-0.15, -0.1) is 0 Å². The highest BCUT2D eigenvalue weighted by Crippen LogP contribution is 2.14. The molecule has 124 valence electrons. The van der Waals surface area contributed by atoms with Crippen LogP contribution in [-0.2, 0) is 33.6 Å². The smallest absolute Gasteiger partial charge is 0.421 e. The molecule has 0 radical (unpaired) electrons. The maximum absolute atomic E-state index is 12.0. The Morgan fingerprint density at radius 3 is 1.57 bits per heavy atom. The molecule has 0 N–H and O–H groups in total. The summed E-state index contributed by atoms with van der Waals surface area (Å²) in [4.78, 5) is 24.6. The quantitative estimate of drug-likeness (QED) is 0.729. The zero-order chi connectivity index (χ0) is 17.1. The lowest BCUT2D eigenvalue weighted by molar-refractivity contribution is -0.0106. The van der Waals surface area contributed by atoms with Gasteiger partial charge in [-0.05, 0) is 41.5 Å². The summed E-state index contributed by atoms with van der Waals surface area (Å²) in [5.74, 6) is 0. The van der Waals surface area contributed by atoms with Gasteiger partial charge >= 0.3 is 12.2 Å². The minimum atomic E-state index is -3.00. The topological polar surface area (TPSA) is 82.1 Å². The Bertz CT molecular complexity index is 459. The lowest BCUT2D eigenvalue weighted by atomic mass is 10.2. The lowest BCUT2D eigenvalue weighted by Crippen LogP contribution is -2.44. The van der Waals surface area contributed by atoms with Crippen molar-refractivity contribution in [3.8, 4) is 0 Å². The fraction of sp³-hybridized carbons (Fsp3) is 0.833. The van der Waals surface area contributed by atoms with E-state index in [0.717, 1.165) is 0 Å². The summed E-state index contributed by atoms with van der Waals surface area (Å²) in [6.07, 6.45) is -0.754. The van der Waals surface area contributed by atoms with E-state index < -0.39 is 38.9 Å². The van der Waals surface area contributed by atoms with Gasteiger partial charge in [0.15, 0.2) is 6.73 Å². The molecule has 0 aromatic rings. The minimum absolute atomic E-state index is 0.575. The fourth-order valence-corrected chi connectivity index (χ4v) is 1.39. The molecular formula is C12H23NO6S2. The normalized spacial score (nSPS) is 15.0. The first-order chi connectivity index (χ1) is 9.11. The number of ether oxygens (including phenoxy) is 2. The predicted molar refractivity (Wildman–Crippen MR) is 81.7 cm³/mol. The Hall–Kier alpha value is -0.930. The van der Waals surface area contributed by atoms with E-state index in [-0.39, 0.29) is 0 Å². The van der Waals surface area contributed by atoms with Gasteiger partial charge in [-0.25, -0.2) is 13.8 Å². The van der Waals surface area contributed by atoms with Crippen molar-refractivity contribution in [1.82, 2.24) is 4.90 Å². The highest BCUT2D eigenvalue weighted by Gasteiger charge is 2.31. The van der Waals surface area contributed by atoms with Gasteiger partial charge in [-0.2, -0.15) is 4.90 Å². The first-order valence-corrected chi connectivity index (χ1v) is 9.00. The molecule has 1 unspecified atom stereocenters. The van der Waals surface area contributed by atoms with E-state index in [2.05, 4.69) is 11.2 Å². The maximum Gasteiger partial charge on any atom is 0.421 e. The van der Waals surface area contributed by atoms with Crippen LogP contribution in [0.5, 0.6) is 0 Å². The first kappa shape index (κ1) is 20.1. The van der Waals surface area contributed by atoms with Crippen LogP contribution < -0.4 is 0 Å². The number of amides is 2. The maximum atomic E-state index is 12.0. The van der Waals surface area contributed by atoms with Gasteiger partial charge in [-0.3, -0.25) is 4.18 Å². The van der Waals surface area contributed by atoms with Crippen molar-refractivity contribution in [1.29, 1.82) is 0 Å². The molecule has 0 aliphatic carbocycles. The van der Waals surface area contributed by atoms with E-state index in [4.69, 9.17) is 13.7 Å². The Balaban J connectivity index is 5.09. The molecule has 0 spiro atoms. The summed E-state index contributed by atoms with van der Waals surface area (Å²) in [6, 6.07) is 0. The second kappa shape index (κ2) is 6.89. The van der Waals surface area contributed by atoms with Crippen molar-refractivity contribution >= 4 is 32.1 Å². The molecule has 0 rings (SSSR count). The van der Waals surface area contributed by atoms with Gasteiger partial charge in [0.05, 0.1) is 0 Å². The van der Waals surface area contributed by atoms with Gasteiger partial charge in [0.1, 0.15) is 20.0 Å². The molecule has 0 fully saturated rings. The van der Waals surface area contributed by atoms with Gasteiger partial charge < -0.3 is 9.47 Å². The summed E-state index contributed by atoms with van der Waals surface area (Å²) >= 11 is 4.57. The van der Waals surface area contributed by atoms with Crippen molar-refractivity contribution in [2.24, 2.45) is 0 Å². The van der Waals surface area contributed by atoms with E-state index in [1.165, 1.54) is 6.26 Å². The van der Waals surface area contributed by atoms with Crippen LogP contribution in [0.4, 0.5) is 9.59 Å². The fourth-order valence-electron chi connectivity index (χ4n) is 0.962. The summed E-state index contributed by atoms with van der Waals surface area (Å²) in [5.41, 5.74) is -1.61. The van der Waals surface area contributed by atoms with Crippen molar-refractivity contribution in [3.05, 3.63) is 0 Å².